The van der Waals surface area contributed by atoms with E-state index < -0.39 is 0 Å². The highest BCUT2D eigenvalue weighted by Crippen LogP contribution is 2.28. The van der Waals surface area contributed by atoms with Crippen LogP contribution in [0.5, 0.6) is 11.5 Å². The molecule has 1 aliphatic carbocycles. The summed E-state index contributed by atoms with van der Waals surface area (Å²) in [4.78, 5) is 11.7. The van der Waals surface area contributed by atoms with Gasteiger partial charge in [0.25, 0.3) is 0 Å². The molecule has 0 aromatic heterocycles. The third kappa shape index (κ3) is 3.47. The molecule has 4 heteroatoms. The Kier molecular flexibility index (Phi) is 4.80. The highest BCUT2D eigenvalue weighted by atomic mass is 16.5. The van der Waals surface area contributed by atoms with Crippen LogP contribution in [0.1, 0.15) is 24.8 Å². The first-order valence-corrected chi connectivity index (χ1v) is 6.56. The first kappa shape index (κ1) is 13.9. The first-order chi connectivity index (χ1) is 9.24. The van der Waals surface area contributed by atoms with Gasteiger partial charge in [-0.1, -0.05) is 12.5 Å². The summed E-state index contributed by atoms with van der Waals surface area (Å²) in [6.45, 7) is 0.623. The number of Topliss-reactive ketones (excluding diaryl/α,β-unsaturated/α-hetero) is 1. The van der Waals surface area contributed by atoms with Gasteiger partial charge in [0.15, 0.2) is 17.3 Å². The van der Waals surface area contributed by atoms with Crippen molar-refractivity contribution in [3.63, 3.8) is 0 Å². The van der Waals surface area contributed by atoms with Crippen LogP contribution in [0.3, 0.4) is 0 Å². The lowest BCUT2D eigenvalue weighted by molar-refractivity contribution is -0.130. The molecule has 0 spiro atoms. The fourth-order valence-corrected chi connectivity index (χ4v) is 2.09. The maximum Gasteiger partial charge on any atom is 0.161 e. The minimum atomic E-state index is 0.207. The summed E-state index contributed by atoms with van der Waals surface area (Å²) in [5.74, 6) is 1.84. The molecule has 0 N–H and O–H groups in total. The molecule has 2 rings (SSSR count). The Labute approximate surface area is 113 Å². The molecule has 0 atom stereocenters. The second-order valence-electron chi connectivity index (χ2n) is 4.78. The van der Waals surface area contributed by atoms with Crippen molar-refractivity contribution in [1.29, 1.82) is 0 Å². The highest BCUT2D eigenvalue weighted by Gasteiger charge is 2.24. The zero-order valence-electron chi connectivity index (χ0n) is 11.5. The number of methoxy groups -OCH3 is 2. The quantitative estimate of drug-likeness (QED) is 0.759. The summed E-state index contributed by atoms with van der Waals surface area (Å²) in [6.07, 6.45) is 3.23. The number of benzene rings is 1. The standard InChI is InChI=1S/C15H20O4/c1-17-14-7-6-11(8-15(14)18-2)9-19-10-13(16)12-4-3-5-12/h6-8,12H,3-5,9-10H2,1-2H3. The SMILES string of the molecule is COc1ccc(COCC(=O)C2CCC2)cc1OC. The summed E-state index contributed by atoms with van der Waals surface area (Å²) < 4.78 is 15.9. The van der Waals surface area contributed by atoms with Crippen molar-refractivity contribution in [1.82, 2.24) is 0 Å². The van der Waals surface area contributed by atoms with Gasteiger partial charge in [0, 0.05) is 5.92 Å². The third-order valence-corrected chi connectivity index (χ3v) is 3.52. The van der Waals surface area contributed by atoms with Crippen molar-refractivity contribution in [2.75, 3.05) is 20.8 Å². The summed E-state index contributed by atoms with van der Waals surface area (Å²) in [5.41, 5.74) is 0.971. The fraction of sp³-hybridized carbons (Fsp3) is 0.533. The van der Waals surface area contributed by atoms with Crippen LogP contribution in [0, 0.1) is 5.92 Å². The average molecular weight is 264 g/mol. The molecule has 1 saturated carbocycles. The maximum atomic E-state index is 11.7. The van der Waals surface area contributed by atoms with Crippen LogP contribution >= 0.6 is 0 Å². The monoisotopic (exact) mass is 264 g/mol. The lowest BCUT2D eigenvalue weighted by Crippen LogP contribution is -2.25. The van der Waals surface area contributed by atoms with E-state index in [2.05, 4.69) is 0 Å². The lowest BCUT2D eigenvalue weighted by atomic mass is 9.82. The highest BCUT2D eigenvalue weighted by molar-refractivity contribution is 5.82. The van der Waals surface area contributed by atoms with Crippen molar-refractivity contribution in [3.8, 4) is 11.5 Å². The van der Waals surface area contributed by atoms with E-state index in [1.165, 1.54) is 6.42 Å². The second-order valence-corrected chi connectivity index (χ2v) is 4.78. The summed E-state index contributed by atoms with van der Waals surface area (Å²) in [7, 11) is 3.20. The lowest BCUT2D eigenvalue weighted by Gasteiger charge is -2.23. The van der Waals surface area contributed by atoms with E-state index in [-0.39, 0.29) is 18.3 Å². The summed E-state index contributed by atoms with van der Waals surface area (Å²) in [6, 6.07) is 5.62. The summed E-state index contributed by atoms with van der Waals surface area (Å²) >= 11 is 0. The van der Waals surface area contributed by atoms with Crippen molar-refractivity contribution in [2.24, 2.45) is 5.92 Å². The van der Waals surface area contributed by atoms with E-state index >= 15 is 0 Å². The van der Waals surface area contributed by atoms with Crippen LogP contribution in [0.2, 0.25) is 0 Å². The van der Waals surface area contributed by atoms with Crippen LogP contribution < -0.4 is 9.47 Å². The Hall–Kier alpha value is -1.55. The van der Waals surface area contributed by atoms with Crippen LogP contribution in [0.4, 0.5) is 0 Å². The van der Waals surface area contributed by atoms with Gasteiger partial charge in [-0.15, -0.1) is 0 Å². The van der Waals surface area contributed by atoms with Crippen molar-refractivity contribution in [2.45, 2.75) is 25.9 Å². The van der Waals surface area contributed by atoms with Gasteiger partial charge in [0.1, 0.15) is 6.61 Å². The van der Waals surface area contributed by atoms with E-state index in [1.54, 1.807) is 14.2 Å². The molecule has 19 heavy (non-hydrogen) atoms. The minimum absolute atomic E-state index is 0.207. The van der Waals surface area contributed by atoms with Gasteiger partial charge in [-0.05, 0) is 30.5 Å². The maximum absolute atomic E-state index is 11.7. The third-order valence-electron chi connectivity index (χ3n) is 3.52. The Morgan fingerprint density at radius 2 is 1.95 bits per heavy atom. The molecule has 1 aromatic carbocycles. The van der Waals surface area contributed by atoms with E-state index in [4.69, 9.17) is 14.2 Å². The Bertz CT molecular complexity index is 438. The van der Waals surface area contributed by atoms with Crippen LogP contribution in [-0.2, 0) is 16.1 Å². The van der Waals surface area contributed by atoms with E-state index in [9.17, 15) is 4.79 Å². The van der Waals surface area contributed by atoms with Gasteiger partial charge >= 0.3 is 0 Å². The number of carbonyl (C=O) groups excluding carboxylic acids is 1. The van der Waals surface area contributed by atoms with E-state index in [0.29, 0.717) is 18.1 Å². The largest absolute Gasteiger partial charge is 0.493 e. The number of carbonyl (C=O) groups is 1. The number of ketones is 1. The fourth-order valence-electron chi connectivity index (χ4n) is 2.09. The Balaban J connectivity index is 1.83. The van der Waals surface area contributed by atoms with Gasteiger partial charge < -0.3 is 14.2 Å². The van der Waals surface area contributed by atoms with Crippen LogP contribution in [0.25, 0.3) is 0 Å². The first-order valence-electron chi connectivity index (χ1n) is 6.56. The molecule has 0 heterocycles. The van der Waals surface area contributed by atoms with Gasteiger partial charge in [0.05, 0.1) is 20.8 Å². The number of hydrogen-bond donors (Lipinski definition) is 0. The molecule has 0 amide bonds. The van der Waals surface area contributed by atoms with Crippen molar-refractivity contribution in [3.05, 3.63) is 23.8 Å². The topological polar surface area (TPSA) is 44.8 Å². The molecule has 1 aromatic rings. The summed E-state index contributed by atoms with van der Waals surface area (Å²) in [5, 5.41) is 0. The number of ether oxygens (including phenoxy) is 3. The predicted octanol–water partition coefficient (Wildman–Crippen LogP) is 2.59. The van der Waals surface area contributed by atoms with Gasteiger partial charge in [-0.25, -0.2) is 0 Å². The van der Waals surface area contributed by atoms with E-state index in [0.717, 1.165) is 18.4 Å². The molecule has 0 radical (unpaired) electrons. The van der Waals surface area contributed by atoms with Crippen molar-refractivity contribution >= 4 is 5.78 Å². The number of hydrogen-bond acceptors (Lipinski definition) is 4. The molecular weight excluding hydrogens is 244 g/mol. The Morgan fingerprint density at radius 3 is 2.53 bits per heavy atom. The number of rotatable bonds is 7. The van der Waals surface area contributed by atoms with Gasteiger partial charge in [-0.2, -0.15) is 0 Å². The normalized spacial score (nSPS) is 14.8. The van der Waals surface area contributed by atoms with Gasteiger partial charge in [-0.3, -0.25) is 4.79 Å². The molecule has 1 aliphatic rings. The molecule has 0 unspecified atom stereocenters. The van der Waals surface area contributed by atoms with Crippen LogP contribution in [-0.4, -0.2) is 26.6 Å². The molecule has 0 aliphatic heterocycles. The molecular formula is C15H20O4. The van der Waals surface area contributed by atoms with Gasteiger partial charge in [0.2, 0.25) is 0 Å². The molecule has 0 bridgehead atoms. The van der Waals surface area contributed by atoms with Crippen molar-refractivity contribution < 1.29 is 19.0 Å². The minimum Gasteiger partial charge on any atom is -0.493 e. The average Bonchev–Trinajstić information content (AvgIpc) is 2.36. The molecule has 4 nitrogen and oxygen atoms in total. The molecule has 1 fully saturated rings. The molecule has 104 valence electrons. The zero-order valence-corrected chi connectivity index (χ0v) is 11.5. The zero-order chi connectivity index (χ0) is 13.7. The molecule has 0 saturated heterocycles. The Morgan fingerprint density at radius 1 is 1.21 bits per heavy atom. The van der Waals surface area contributed by atoms with E-state index in [1.807, 2.05) is 18.2 Å². The predicted molar refractivity (Wildman–Crippen MR) is 71.6 cm³/mol. The second kappa shape index (κ2) is 6.57. The van der Waals surface area contributed by atoms with Crippen LogP contribution in [0.15, 0.2) is 18.2 Å². The smallest absolute Gasteiger partial charge is 0.161 e.